The van der Waals surface area contributed by atoms with E-state index >= 15 is 0 Å². The summed E-state index contributed by atoms with van der Waals surface area (Å²) in [7, 11) is 0. The third-order valence-corrected chi connectivity index (χ3v) is 6.98. The molecule has 0 amide bonds. The van der Waals surface area contributed by atoms with Crippen molar-refractivity contribution in [3.8, 4) is 5.75 Å². The lowest BCUT2D eigenvalue weighted by atomic mass is 9.59. The second-order valence-electron chi connectivity index (χ2n) is 8.27. The van der Waals surface area contributed by atoms with Gasteiger partial charge < -0.3 is 10.1 Å². The molecule has 0 aromatic heterocycles. The Hall–Kier alpha value is -2.74. The van der Waals surface area contributed by atoms with Gasteiger partial charge in [0.15, 0.2) is 0 Å². The van der Waals surface area contributed by atoms with Crippen molar-refractivity contribution in [1.82, 2.24) is 0 Å². The van der Waals surface area contributed by atoms with Gasteiger partial charge >= 0.3 is 0 Å². The normalized spacial score (nSPS) is 24.3. The largest absolute Gasteiger partial charge is 0.494 e. The van der Waals surface area contributed by atoms with E-state index in [2.05, 4.69) is 91.1 Å². The van der Waals surface area contributed by atoms with Crippen molar-refractivity contribution in [2.75, 3.05) is 11.9 Å². The van der Waals surface area contributed by atoms with E-state index in [1.54, 1.807) is 0 Å². The number of para-hydroxylation sites is 1. The summed E-state index contributed by atoms with van der Waals surface area (Å²) in [6, 6.07) is 28.9. The van der Waals surface area contributed by atoms with Gasteiger partial charge in [0.05, 0.1) is 12.6 Å². The molecule has 0 unspecified atom stereocenters. The number of anilines is 1. The van der Waals surface area contributed by atoms with Crippen LogP contribution in [0.25, 0.3) is 0 Å². The highest BCUT2D eigenvalue weighted by molar-refractivity contribution is 5.65. The summed E-state index contributed by atoms with van der Waals surface area (Å²) in [6.45, 7) is 5.18. The Morgan fingerprint density at radius 3 is 2.25 bits per heavy atom. The summed E-state index contributed by atoms with van der Waals surface area (Å²) in [5, 5.41) is 3.90. The number of hydrogen-bond donors (Lipinski definition) is 1. The van der Waals surface area contributed by atoms with Gasteiger partial charge in [0.1, 0.15) is 5.75 Å². The standard InChI is InChI=1S/C26H27NO/c1-3-28-21-15-13-20(14-16-21)25(2)22-11-7-8-12-23(22)27-24(26(25)17-18-26)19-9-5-4-6-10-19/h4-16,24,27H,3,17-18H2,1-2H3/t24-,25+/m1/s1. The molecule has 0 bridgehead atoms. The third-order valence-electron chi connectivity index (χ3n) is 6.98. The zero-order valence-electron chi connectivity index (χ0n) is 16.6. The minimum absolute atomic E-state index is 0.0416. The average Bonchev–Trinajstić information content (AvgIpc) is 3.54. The Morgan fingerprint density at radius 2 is 1.57 bits per heavy atom. The highest BCUT2D eigenvalue weighted by Gasteiger charge is 2.65. The van der Waals surface area contributed by atoms with Gasteiger partial charge in [0, 0.05) is 16.5 Å². The van der Waals surface area contributed by atoms with E-state index in [0.717, 1.165) is 5.75 Å². The summed E-state index contributed by atoms with van der Waals surface area (Å²) < 4.78 is 5.70. The Labute approximate surface area is 167 Å². The van der Waals surface area contributed by atoms with Crippen LogP contribution in [0.2, 0.25) is 0 Å². The fourth-order valence-electron chi connectivity index (χ4n) is 5.36. The summed E-state index contributed by atoms with van der Waals surface area (Å²) in [5.41, 5.74) is 5.57. The molecule has 1 N–H and O–H groups in total. The molecule has 1 fully saturated rings. The molecule has 2 atom stereocenters. The molecule has 2 aliphatic rings. The van der Waals surface area contributed by atoms with E-state index in [1.165, 1.54) is 35.2 Å². The molecule has 0 saturated heterocycles. The Bertz CT molecular complexity index is 975. The van der Waals surface area contributed by atoms with Crippen LogP contribution in [0.5, 0.6) is 5.75 Å². The van der Waals surface area contributed by atoms with E-state index in [9.17, 15) is 0 Å². The van der Waals surface area contributed by atoms with Gasteiger partial charge in [-0.1, -0.05) is 67.6 Å². The topological polar surface area (TPSA) is 21.3 Å². The second-order valence-corrected chi connectivity index (χ2v) is 8.27. The van der Waals surface area contributed by atoms with E-state index in [1.807, 2.05) is 6.92 Å². The lowest BCUT2D eigenvalue weighted by Crippen LogP contribution is -2.45. The summed E-state index contributed by atoms with van der Waals surface area (Å²) in [4.78, 5) is 0. The number of nitrogens with one attached hydrogen (secondary N) is 1. The predicted molar refractivity (Wildman–Crippen MR) is 115 cm³/mol. The molecule has 5 rings (SSSR count). The first-order chi connectivity index (χ1) is 13.7. The number of benzene rings is 3. The maximum atomic E-state index is 5.70. The van der Waals surface area contributed by atoms with Crippen molar-refractivity contribution in [2.24, 2.45) is 5.41 Å². The lowest BCUT2D eigenvalue weighted by molar-refractivity contribution is 0.263. The van der Waals surface area contributed by atoms with Crippen LogP contribution in [0.4, 0.5) is 5.69 Å². The summed E-state index contributed by atoms with van der Waals surface area (Å²) in [5.74, 6) is 0.946. The predicted octanol–water partition coefficient (Wildman–Crippen LogP) is 6.34. The molecule has 28 heavy (non-hydrogen) atoms. The van der Waals surface area contributed by atoms with Crippen molar-refractivity contribution in [3.63, 3.8) is 0 Å². The van der Waals surface area contributed by atoms with Crippen LogP contribution >= 0.6 is 0 Å². The van der Waals surface area contributed by atoms with Crippen molar-refractivity contribution in [2.45, 2.75) is 38.1 Å². The molecule has 2 nitrogen and oxygen atoms in total. The summed E-state index contributed by atoms with van der Waals surface area (Å²) in [6.07, 6.45) is 2.47. The number of ether oxygens (including phenoxy) is 1. The molecular formula is C26H27NO. The number of fused-ring (bicyclic) bond motifs is 1. The van der Waals surface area contributed by atoms with Gasteiger partial charge in [-0.3, -0.25) is 0 Å². The minimum Gasteiger partial charge on any atom is -0.494 e. The van der Waals surface area contributed by atoms with Gasteiger partial charge in [0.2, 0.25) is 0 Å². The Kier molecular flexibility index (Phi) is 3.97. The maximum Gasteiger partial charge on any atom is 0.119 e. The smallest absolute Gasteiger partial charge is 0.119 e. The van der Waals surface area contributed by atoms with Gasteiger partial charge in [-0.15, -0.1) is 0 Å². The highest BCUT2D eigenvalue weighted by atomic mass is 16.5. The van der Waals surface area contributed by atoms with Crippen molar-refractivity contribution >= 4 is 5.69 Å². The fraction of sp³-hybridized carbons (Fsp3) is 0.308. The van der Waals surface area contributed by atoms with Gasteiger partial charge in [-0.05, 0) is 54.7 Å². The zero-order chi connectivity index (χ0) is 19.2. The molecule has 3 aromatic rings. The Morgan fingerprint density at radius 1 is 0.893 bits per heavy atom. The first-order valence-electron chi connectivity index (χ1n) is 10.3. The Balaban J connectivity index is 1.68. The second kappa shape index (κ2) is 6.41. The van der Waals surface area contributed by atoms with Crippen LogP contribution in [-0.2, 0) is 5.41 Å². The molecule has 1 saturated carbocycles. The third kappa shape index (κ3) is 2.40. The van der Waals surface area contributed by atoms with Crippen LogP contribution in [0.1, 0.15) is 49.4 Å². The van der Waals surface area contributed by atoms with E-state index in [4.69, 9.17) is 4.74 Å². The SMILES string of the molecule is CCOc1ccc([C@@]2(C)c3ccccc3N[C@H](c3ccccc3)C23CC3)cc1. The summed E-state index contributed by atoms with van der Waals surface area (Å²) >= 11 is 0. The molecule has 1 aliphatic carbocycles. The van der Waals surface area contributed by atoms with Gasteiger partial charge in [-0.25, -0.2) is 0 Å². The molecule has 2 heteroatoms. The van der Waals surface area contributed by atoms with Crippen molar-refractivity contribution in [3.05, 3.63) is 95.6 Å². The van der Waals surface area contributed by atoms with E-state index in [-0.39, 0.29) is 10.8 Å². The van der Waals surface area contributed by atoms with Crippen molar-refractivity contribution in [1.29, 1.82) is 0 Å². The van der Waals surface area contributed by atoms with Crippen LogP contribution < -0.4 is 10.1 Å². The molecule has 3 aromatic carbocycles. The monoisotopic (exact) mass is 369 g/mol. The quantitative estimate of drug-likeness (QED) is 0.579. The molecule has 1 spiro atoms. The van der Waals surface area contributed by atoms with Crippen LogP contribution in [-0.4, -0.2) is 6.61 Å². The first-order valence-corrected chi connectivity index (χ1v) is 10.3. The molecular weight excluding hydrogens is 342 g/mol. The van der Waals surface area contributed by atoms with E-state index in [0.29, 0.717) is 12.6 Å². The lowest BCUT2D eigenvalue weighted by Gasteiger charge is -2.50. The number of rotatable bonds is 4. The van der Waals surface area contributed by atoms with Crippen LogP contribution in [0.15, 0.2) is 78.9 Å². The minimum atomic E-state index is -0.0416. The molecule has 1 aliphatic heterocycles. The van der Waals surface area contributed by atoms with Crippen LogP contribution in [0.3, 0.4) is 0 Å². The zero-order valence-corrected chi connectivity index (χ0v) is 16.6. The molecule has 0 radical (unpaired) electrons. The van der Waals surface area contributed by atoms with Gasteiger partial charge in [0.25, 0.3) is 0 Å². The number of hydrogen-bond acceptors (Lipinski definition) is 2. The maximum absolute atomic E-state index is 5.70. The molecule has 1 heterocycles. The highest BCUT2D eigenvalue weighted by Crippen LogP contribution is 2.71. The van der Waals surface area contributed by atoms with Crippen LogP contribution in [0, 0.1) is 5.41 Å². The molecule has 142 valence electrons. The van der Waals surface area contributed by atoms with Crippen molar-refractivity contribution < 1.29 is 4.74 Å². The average molecular weight is 370 g/mol. The first kappa shape index (κ1) is 17.4. The van der Waals surface area contributed by atoms with E-state index < -0.39 is 0 Å². The van der Waals surface area contributed by atoms with Gasteiger partial charge in [-0.2, -0.15) is 0 Å². The fourth-order valence-corrected chi connectivity index (χ4v) is 5.36.